The molecule has 4 rings (SSSR count). The normalized spacial score (nSPS) is 13.2. The molecule has 9 heteroatoms. The Balaban J connectivity index is 1.73. The Morgan fingerprint density at radius 3 is 1.64 bits per heavy atom. The summed E-state index contributed by atoms with van der Waals surface area (Å²) in [6.45, 7) is 0. The minimum absolute atomic E-state index is 0.186. The van der Waals surface area contributed by atoms with Crippen molar-refractivity contribution in [3.8, 4) is 0 Å². The number of hydrogen-bond donors (Lipinski definition) is 4. The van der Waals surface area contributed by atoms with Crippen molar-refractivity contribution in [1.29, 1.82) is 0 Å². The van der Waals surface area contributed by atoms with E-state index in [2.05, 4.69) is 20.9 Å². The molecule has 4 N–H and O–H groups in total. The predicted octanol–water partition coefficient (Wildman–Crippen LogP) is 4.30. The zero-order valence-corrected chi connectivity index (χ0v) is 19.2. The highest BCUT2D eigenvalue weighted by Crippen LogP contribution is 2.47. The highest BCUT2D eigenvalue weighted by molar-refractivity contribution is 7.99. The summed E-state index contributed by atoms with van der Waals surface area (Å²) in [6, 6.07) is 15.9. The van der Waals surface area contributed by atoms with E-state index in [0.717, 1.165) is 32.9 Å². The average Bonchev–Trinajstić information content (AvgIpc) is 3.43. The summed E-state index contributed by atoms with van der Waals surface area (Å²) >= 11 is 1.57. The molecule has 0 saturated carbocycles. The number of benzene rings is 2. The molecule has 2 aromatic heterocycles. The fourth-order valence-electron chi connectivity index (χ4n) is 4.03. The number of hydrogen-bond acceptors (Lipinski definition) is 5. The van der Waals surface area contributed by atoms with Crippen molar-refractivity contribution in [2.24, 2.45) is 0 Å². The van der Waals surface area contributed by atoms with Crippen molar-refractivity contribution in [3.05, 3.63) is 72.1 Å². The van der Waals surface area contributed by atoms with Gasteiger partial charge in [0.25, 0.3) is 0 Å². The van der Waals surface area contributed by atoms with E-state index in [1.807, 2.05) is 60.9 Å². The lowest BCUT2D eigenvalue weighted by Crippen LogP contribution is -2.25. The van der Waals surface area contributed by atoms with Gasteiger partial charge < -0.3 is 9.97 Å². The lowest BCUT2D eigenvalue weighted by atomic mass is 10.1. The van der Waals surface area contributed by atoms with Gasteiger partial charge in [0.1, 0.15) is 0 Å². The zero-order chi connectivity index (χ0) is 23.2. The second-order valence-electron chi connectivity index (χ2n) is 7.56. The van der Waals surface area contributed by atoms with Gasteiger partial charge in [-0.3, -0.25) is 19.3 Å². The van der Waals surface area contributed by atoms with Crippen LogP contribution in [0.15, 0.2) is 60.9 Å². The summed E-state index contributed by atoms with van der Waals surface area (Å²) < 4.78 is 0. The minimum atomic E-state index is -0.237. The first-order chi connectivity index (χ1) is 16.1. The Kier molecular flexibility index (Phi) is 7.33. The summed E-state index contributed by atoms with van der Waals surface area (Å²) in [5, 5.41) is 1.62. The van der Waals surface area contributed by atoms with E-state index in [9.17, 15) is 9.59 Å². The third kappa shape index (κ3) is 5.22. The van der Waals surface area contributed by atoms with Crippen LogP contribution >= 0.6 is 11.8 Å². The maximum absolute atomic E-state index is 12.5. The third-order valence-corrected chi connectivity index (χ3v) is 6.94. The van der Waals surface area contributed by atoms with Gasteiger partial charge in [-0.2, -0.15) is 0 Å². The van der Waals surface area contributed by atoms with Gasteiger partial charge in [0.05, 0.1) is 14.2 Å². The summed E-state index contributed by atoms with van der Waals surface area (Å²) in [4.78, 5) is 41.3. The van der Waals surface area contributed by atoms with Crippen LogP contribution in [0.2, 0.25) is 0 Å². The highest BCUT2D eigenvalue weighted by atomic mass is 32.2. The van der Waals surface area contributed by atoms with Gasteiger partial charge in [-0.05, 0) is 23.3 Å². The van der Waals surface area contributed by atoms with Crippen LogP contribution in [0.3, 0.4) is 0 Å². The van der Waals surface area contributed by atoms with Crippen LogP contribution in [-0.4, -0.2) is 36.0 Å². The first-order valence-corrected chi connectivity index (χ1v) is 11.5. The van der Waals surface area contributed by atoms with Gasteiger partial charge in [0.15, 0.2) is 0 Å². The number of para-hydroxylation sites is 2. The summed E-state index contributed by atoms with van der Waals surface area (Å²) in [6.07, 6.45) is 4.24. The molecule has 0 aliphatic carbocycles. The van der Waals surface area contributed by atoms with Crippen molar-refractivity contribution in [1.82, 2.24) is 20.9 Å². The smallest absolute Gasteiger partial charge is 0.244 e. The number of hydroxylamine groups is 2. The van der Waals surface area contributed by atoms with E-state index in [1.165, 1.54) is 14.2 Å². The van der Waals surface area contributed by atoms with Crippen LogP contribution in [0.5, 0.6) is 0 Å². The number of rotatable bonds is 10. The predicted molar refractivity (Wildman–Crippen MR) is 129 cm³/mol. The Morgan fingerprint density at radius 2 is 1.21 bits per heavy atom. The molecule has 8 nitrogen and oxygen atoms in total. The molecule has 2 unspecified atom stereocenters. The van der Waals surface area contributed by atoms with Crippen molar-refractivity contribution < 1.29 is 19.3 Å². The van der Waals surface area contributed by atoms with Crippen LogP contribution in [0.1, 0.15) is 34.5 Å². The number of aromatic amines is 2. The minimum Gasteiger partial charge on any atom is -0.361 e. The molecule has 0 bridgehead atoms. The molecular formula is C24H26N4O4S. The van der Waals surface area contributed by atoms with Gasteiger partial charge in [-0.25, -0.2) is 11.0 Å². The summed E-state index contributed by atoms with van der Waals surface area (Å²) in [7, 11) is 2.82. The molecule has 0 fully saturated rings. The highest BCUT2D eigenvalue weighted by Gasteiger charge is 2.28. The molecule has 2 aromatic carbocycles. The van der Waals surface area contributed by atoms with Crippen LogP contribution in [0.25, 0.3) is 21.8 Å². The fourth-order valence-corrected chi connectivity index (χ4v) is 5.60. The standard InChI is InChI=1S/C24H26N4O4S/c1-31-27-23(29)11-21(17-13-25-19-9-5-3-7-15(17)19)33-22(12-24(30)28-32-2)18-14-26-20-10-6-4-8-16(18)20/h3-10,13-14,21-22,25-26H,11-12H2,1-2H3,(H,27,29)(H,28,30). The lowest BCUT2D eigenvalue weighted by Gasteiger charge is -2.23. The number of aromatic nitrogens is 2. The number of thioether (sulfide) groups is 1. The molecule has 0 spiro atoms. The topological polar surface area (TPSA) is 108 Å². The van der Waals surface area contributed by atoms with E-state index in [4.69, 9.17) is 9.68 Å². The largest absolute Gasteiger partial charge is 0.361 e. The van der Waals surface area contributed by atoms with Crippen LogP contribution in [-0.2, 0) is 19.3 Å². The van der Waals surface area contributed by atoms with Gasteiger partial charge in [0, 0.05) is 57.5 Å². The molecule has 0 aliphatic rings. The van der Waals surface area contributed by atoms with Gasteiger partial charge in [-0.15, -0.1) is 11.8 Å². The third-order valence-electron chi connectivity index (χ3n) is 5.44. The van der Waals surface area contributed by atoms with E-state index in [1.54, 1.807) is 11.8 Å². The second kappa shape index (κ2) is 10.6. The lowest BCUT2D eigenvalue weighted by molar-refractivity contribution is -0.131. The Labute approximate surface area is 195 Å². The molecule has 0 radical (unpaired) electrons. The van der Waals surface area contributed by atoms with Gasteiger partial charge in [-0.1, -0.05) is 36.4 Å². The van der Waals surface area contributed by atoms with E-state index >= 15 is 0 Å². The molecule has 0 aliphatic heterocycles. The monoisotopic (exact) mass is 466 g/mol. The van der Waals surface area contributed by atoms with Crippen molar-refractivity contribution in [2.75, 3.05) is 14.2 Å². The molecular weight excluding hydrogens is 440 g/mol. The first kappa shape index (κ1) is 22.9. The van der Waals surface area contributed by atoms with E-state index in [0.29, 0.717) is 0 Å². The van der Waals surface area contributed by atoms with E-state index in [-0.39, 0.29) is 35.2 Å². The Morgan fingerprint density at radius 1 is 0.788 bits per heavy atom. The number of H-pyrrole nitrogens is 2. The fraction of sp³-hybridized carbons (Fsp3) is 0.250. The Hall–Kier alpha value is -3.27. The number of carbonyl (C=O) groups excluding carboxylic acids is 2. The molecule has 4 aromatic rings. The molecule has 2 atom stereocenters. The van der Waals surface area contributed by atoms with Crippen LogP contribution in [0.4, 0.5) is 0 Å². The molecule has 33 heavy (non-hydrogen) atoms. The molecule has 0 saturated heterocycles. The zero-order valence-electron chi connectivity index (χ0n) is 18.4. The van der Waals surface area contributed by atoms with Gasteiger partial charge in [0.2, 0.25) is 11.8 Å². The van der Waals surface area contributed by atoms with Crippen LogP contribution < -0.4 is 11.0 Å². The second-order valence-corrected chi connectivity index (χ2v) is 8.97. The number of amides is 2. The Bertz CT molecular complexity index is 1160. The van der Waals surface area contributed by atoms with Crippen LogP contribution in [0, 0.1) is 0 Å². The van der Waals surface area contributed by atoms with Crippen molar-refractivity contribution in [3.63, 3.8) is 0 Å². The first-order valence-electron chi connectivity index (χ1n) is 10.5. The quantitative estimate of drug-likeness (QED) is 0.261. The summed E-state index contributed by atoms with van der Waals surface area (Å²) in [5.74, 6) is -0.474. The molecule has 2 amide bonds. The molecule has 172 valence electrons. The average molecular weight is 467 g/mol. The van der Waals surface area contributed by atoms with Crippen molar-refractivity contribution in [2.45, 2.75) is 23.3 Å². The van der Waals surface area contributed by atoms with Gasteiger partial charge >= 0.3 is 0 Å². The molecule has 2 heterocycles. The summed E-state index contributed by atoms with van der Waals surface area (Å²) in [5.41, 5.74) is 8.81. The number of fused-ring (bicyclic) bond motifs is 2. The maximum atomic E-state index is 12.5. The SMILES string of the molecule is CONC(=O)CC(SC(CC(=O)NOC)c1c[nH]c2ccccc12)c1c[nH]c2ccccc12. The van der Waals surface area contributed by atoms with Crippen molar-refractivity contribution >= 4 is 45.4 Å². The maximum Gasteiger partial charge on any atom is 0.244 e. The van der Waals surface area contributed by atoms with E-state index < -0.39 is 0 Å². The number of carbonyl (C=O) groups is 2. The number of nitrogens with one attached hydrogen (secondary N) is 4.